The Balaban J connectivity index is 2.25. The number of rotatable bonds is 0. The van der Waals surface area contributed by atoms with Gasteiger partial charge in [0.2, 0.25) is 0 Å². The smallest absolute Gasteiger partial charge is 0.00658 e. The van der Waals surface area contributed by atoms with Crippen LogP contribution in [0.2, 0.25) is 0 Å². The van der Waals surface area contributed by atoms with Crippen molar-refractivity contribution in [2.45, 2.75) is 19.3 Å². The van der Waals surface area contributed by atoms with E-state index in [1.54, 1.807) is 0 Å². The van der Waals surface area contributed by atoms with Crippen LogP contribution in [0.4, 0.5) is 0 Å². The molecule has 0 aromatic carbocycles. The number of hydrogen-bond acceptors (Lipinski definition) is 1. The van der Waals surface area contributed by atoms with Gasteiger partial charge < -0.3 is 0 Å². The van der Waals surface area contributed by atoms with Gasteiger partial charge in [0.05, 0.1) is 0 Å². The van der Waals surface area contributed by atoms with Crippen LogP contribution in [-0.2, 0) is 0 Å². The largest absolute Gasteiger partial charge is 0.0897 e. The molecule has 0 aliphatic heterocycles. The summed E-state index contributed by atoms with van der Waals surface area (Å²) in [5, 5.41) is 0. The zero-order chi connectivity index (χ0) is 5.11. The molecule has 1 aliphatic rings. The van der Waals surface area contributed by atoms with Crippen molar-refractivity contribution in [3.63, 3.8) is 0 Å². The topological polar surface area (TPSA) is 0 Å². The fourth-order valence-corrected chi connectivity index (χ4v) is 0.926. The molecule has 0 N–H and O–H groups in total. The highest BCUT2D eigenvalue weighted by Gasteiger charge is 2.02. The van der Waals surface area contributed by atoms with E-state index < -0.39 is 0 Å². The highest BCUT2D eigenvalue weighted by atomic mass is 32.1. The van der Waals surface area contributed by atoms with Crippen molar-refractivity contribution in [1.29, 1.82) is 0 Å². The van der Waals surface area contributed by atoms with E-state index in [0.717, 1.165) is 19.3 Å². The predicted octanol–water partition coefficient (Wildman–Crippen LogP) is 1.95. The molecule has 7 heavy (non-hydrogen) atoms. The molecule has 1 aliphatic carbocycles. The van der Waals surface area contributed by atoms with Gasteiger partial charge >= 0.3 is 0 Å². The lowest BCUT2D eigenvalue weighted by atomic mass is 10.0. The van der Waals surface area contributed by atoms with Crippen molar-refractivity contribution >= 4 is 17.1 Å². The molecule has 0 saturated heterocycles. The Kier molecular flexibility index (Phi) is 1.80. The second kappa shape index (κ2) is 2.41. The monoisotopic (exact) mass is 112 g/mol. The minimum absolute atomic E-state index is 1.06. The van der Waals surface area contributed by atoms with Crippen LogP contribution >= 0.6 is 12.2 Å². The summed E-state index contributed by atoms with van der Waals surface area (Å²) >= 11 is 4.94. The summed E-state index contributed by atoms with van der Waals surface area (Å²) in [6.07, 6.45) is 7.70. The van der Waals surface area contributed by atoms with Gasteiger partial charge in [-0.3, -0.25) is 0 Å². The van der Waals surface area contributed by atoms with Crippen molar-refractivity contribution in [3.05, 3.63) is 12.8 Å². The molecule has 0 bridgehead atoms. The first-order chi connectivity index (χ1) is 3.39. The van der Waals surface area contributed by atoms with E-state index in [1.165, 1.54) is 4.86 Å². The summed E-state index contributed by atoms with van der Waals surface area (Å²) in [5.41, 5.74) is 0. The Hall–Kier alpha value is 0.0900. The summed E-state index contributed by atoms with van der Waals surface area (Å²) in [4.78, 5) is 1.19. The zero-order valence-electron chi connectivity index (χ0n) is 4.18. The Labute approximate surface area is 49.9 Å². The fourth-order valence-electron chi connectivity index (χ4n) is 0.690. The molecule has 38 valence electrons. The van der Waals surface area contributed by atoms with Crippen LogP contribution < -0.4 is 0 Å². The van der Waals surface area contributed by atoms with Crippen LogP contribution in [0.15, 0.2) is 0 Å². The molecule has 0 unspecified atom stereocenters. The maximum Gasteiger partial charge on any atom is -0.00658 e. The Bertz CT molecular complexity index is 68.2. The number of thiocarbonyl (C=S) groups is 1. The lowest BCUT2D eigenvalue weighted by Gasteiger charge is -2.07. The third kappa shape index (κ3) is 1.56. The fraction of sp³-hybridized carbons (Fsp3) is 0.500. The molecule has 1 saturated carbocycles. The van der Waals surface area contributed by atoms with Crippen molar-refractivity contribution in [1.82, 2.24) is 0 Å². The average Bonchev–Trinajstić information content (AvgIpc) is 1.69. The molecular weight excluding hydrogens is 104 g/mol. The van der Waals surface area contributed by atoms with Gasteiger partial charge in [-0.1, -0.05) is 12.2 Å². The predicted molar refractivity (Wildman–Crippen MR) is 35.0 cm³/mol. The number of hydrogen-bond donors (Lipinski definition) is 0. The SMILES string of the molecule is S=C1C[CH]C[CH]C1. The van der Waals surface area contributed by atoms with E-state index in [9.17, 15) is 0 Å². The molecule has 1 fully saturated rings. The zero-order valence-corrected chi connectivity index (χ0v) is 5.00. The highest BCUT2D eigenvalue weighted by molar-refractivity contribution is 7.80. The first-order valence-corrected chi connectivity index (χ1v) is 2.95. The van der Waals surface area contributed by atoms with E-state index in [2.05, 4.69) is 12.8 Å². The van der Waals surface area contributed by atoms with Crippen molar-refractivity contribution < 1.29 is 0 Å². The van der Waals surface area contributed by atoms with Gasteiger partial charge in [0.15, 0.2) is 0 Å². The van der Waals surface area contributed by atoms with Gasteiger partial charge in [0.1, 0.15) is 0 Å². The molecule has 0 aromatic heterocycles. The van der Waals surface area contributed by atoms with Crippen LogP contribution in [0.1, 0.15) is 19.3 Å². The normalized spacial score (nSPS) is 22.6. The maximum absolute atomic E-state index is 4.94. The molecule has 0 nitrogen and oxygen atoms in total. The van der Waals surface area contributed by atoms with Crippen LogP contribution in [0.5, 0.6) is 0 Å². The van der Waals surface area contributed by atoms with E-state index in [1.807, 2.05) is 0 Å². The van der Waals surface area contributed by atoms with Gasteiger partial charge in [-0.05, 0) is 37.0 Å². The van der Waals surface area contributed by atoms with Gasteiger partial charge in [-0.25, -0.2) is 0 Å². The highest BCUT2D eigenvalue weighted by Crippen LogP contribution is 2.11. The van der Waals surface area contributed by atoms with E-state index in [4.69, 9.17) is 12.2 Å². The second-order valence-corrected chi connectivity index (χ2v) is 2.34. The van der Waals surface area contributed by atoms with Gasteiger partial charge in [-0.2, -0.15) is 0 Å². The molecule has 0 spiro atoms. The quantitative estimate of drug-likeness (QED) is 0.431. The summed E-state index contributed by atoms with van der Waals surface area (Å²) in [6, 6.07) is 0. The minimum Gasteiger partial charge on any atom is -0.0897 e. The first-order valence-electron chi connectivity index (χ1n) is 2.54. The third-order valence-electron chi connectivity index (χ3n) is 1.08. The summed E-state index contributed by atoms with van der Waals surface area (Å²) in [6.45, 7) is 0. The lowest BCUT2D eigenvalue weighted by Crippen LogP contribution is -2.01. The minimum atomic E-state index is 1.06. The second-order valence-electron chi connectivity index (χ2n) is 1.76. The first kappa shape index (κ1) is 5.23. The Morgan fingerprint density at radius 2 is 1.86 bits per heavy atom. The molecule has 1 rings (SSSR count). The van der Waals surface area contributed by atoms with E-state index in [-0.39, 0.29) is 0 Å². The van der Waals surface area contributed by atoms with Crippen molar-refractivity contribution in [3.8, 4) is 0 Å². The molecule has 0 atom stereocenters. The van der Waals surface area contributed by atoms with Crippen LogP contribution in [0.25, 0.3) is 0 Å². The third-order valence-corrected chi connectivity index (χ3v) is 1.41. The van der Waals surface area contributed by atoms with Crippen LogP contribution in [-0.4, -0.2) is 4.86 Å². The van der Waals surface area contributed by atoms with Gasteiger partial charge in [0.25, 0.3) is 0 Å². The summed E-state index contributed by atoms with van der Waals surface area (Å²) in [7, 11) is 0. The molecule has 0 heterocycles. The average molecular weight is 112 g/mol. The van der Waals surface area contributed by atoms with Crippen LogP contribution in [0.3, 0.4) is 0 Å². The van der Waals surface area contributed by atoms with E-state index >= 15 is 0 Å². The molecule has 0 aromatic rings. The van der Waals surface area contributed by atoms with Crippen molar-refractivity contribution in [2.24, 2.45) is 0 Å². The Morgan fingerprint density at radius 3 is 2.14 bits per heavy atom. The maximum atomic E-state index is 4.94. The summed E-state index contributed by atoms with van der Waals surface area (Å²) < 4.78 is 0. The van der Waals surface area contributed by atoms with Gasteiger partial charge in [-0.15, -0.1) is 0 Å². The molecule has 0 amide bonds. The Morgan fingerprint density at radius 1 is 1.29 bits per heavy atom. The molecule has 2 radical (unpaired) electrons. The van der Waals surface area contributed by atoms with E-state index in [0.29, 0.717) is 0 Å². The van der Waals surface area contributed by atoms with Crippen molar-refractivity contribution in [2.75, 3.05) is 0 Å². The molecular formula is C6H8S. The van der Waals surface area contributed by atoms with Gasteiger partial charge in [0, 0.05) is 0 Å². The summed E-state index contributed by atoms with van der Waals surface area (Å²) in [5.74, 6) is 0. The lowest BCUT2D eigenvalue weighted by molar-refractivity contribution is 0.970. The standard InChI is InChI=1S/C6H8S/c7-6-4-2-1-3-5-6/h2-3H,1,4-5H2. The van der Waals surface area contributed by atoms with Crippen LogP contribution in [0, 0.1) is 12.8 Å². The molecule has 1 heteroatoms.